The average Bonchev–Trinajstić information content (AvgIpc) is 3.52. The third-order valence-corrected chi connectivity index (χ3v) is 5.38. The summed E-state index contributed by atoms with van der Waals surface area (Å²) in [6, 6.07) is 4.88. The van der Waals surface area contributed by atoms with E-state index in [9.17, 15) is 9.59 Å². The number of esters is 1. The summed E-state index contributed by atoms with van der Waals surface area (Å²) in [6.45, 7) is 0. The van der Waals surface area contributed by atoms with Gasteiger partial charge >= 0.3 is 5.97 Å². The minimum Gasteiger partial charge on any atom is -0.469 e. The number of aromatic nitrogens is 3. The summed E-state index contributed by atoms with van der Waals surface area (Å²) in [5, 5.41) is 7.64. The largest absolute Gasteiger partial charge is 0.469 e. The van der Waals surface area contributed by atoms with Gasteiger partial charge in [0.25, 0.3) is 5.91 Å². The van der Waals surface area contributed by atoms with E-state index in [-0.39, 0.29) is 34.7 Å². The van der Waals surface area contributed by atoms with Crippen molar-refractivity contribution >= 4 is 35.1 Å². The molecule has 9 heteroatoms. The van der Waals surface area contributed by atoms with Crippen LogP contribution in [0, 0.1) is 17.8 Å². The number of amides is 1. The molecular formula is C17H16Cl2N4O3. The van der Waals surface area contributed by atoms with Gasteiger partial charge in [0.05, 0.1) is 18.1 Å². The lowest BCUT2D eigenvalue weighted by Gasteiger charge is -2.08. The Balaban J connectivity index is 1.46. The maximum atomic E-state index is 12.7. The predicted molar refractivity (Wildman–Crippen MR) is 94.4 cm³/mol. The van der Waals surface area contributed by atoms with Crippen LogP contribution in [0.2, 0.25) is 10.2 Å². The van der Waals surface area contributed by atoms with Crippen LogP contribution < -0.4 is 5.32 Å². The van der Waals surface area contributed by atoms with E-state index in [1.165, 1.54) is 17.9 Å². The second-order valence-corrected chi connectivity index (χ2v) is 7.38. The van der Waals surface area contributed by atoms with Crippen LogP contribution in [0.5, 0.6) is 0 Å². The zero-order valence-electron chi connectivity index (χ0n) is 13.9. The molecule has 0 spiro atoms. The highest BCUT2D eigenvalue weighted by molar-refractivity contribution is 6.32. The van der Waals surface area contributed by atoms with Crippen LogP contribution in [0.1, 0.15) is 23.3 Å². The Morgan fingerprint density at radius 1 is 1.31 bits per heavy atom. The smallest absolute Gasteiger partial charge is 0.308 e. The average molecular weight is 395 g/mol. The first-order chi connectivity index (χ1) is 12.5. The molecule has 1 amide bonds. The molecule has 136 valence electrons. The van der Waals surface area contributed by atoms with Gasteiger partial charge in [-0.15, -0.1) is 0 Å². The number of pyridine rings is 1. The van der Waals surface area contributed by atoms with Crippen molar-refractivity contribution < 1.29 is 14.3 Å². The zero-order chi connectivity index (χ0) is 18.4. The summed E-state index contributed by atoms with van der Waals surface area (Å²) in [5.41, 5.74) is 0.265. The van der Waals surface area contributed by atoms with Crippen molar-refractivity contribution in [2.45, 2.75) is 18.9 Å². The van der Waals surface area contributed by atoms with Gasteiger partial charge in [-0.1, -0.05) is 23.2 Å². The molecule has 0 bridgehead atoms. The first kappa shape index (κ1) is 17.3. The first-order valence-corrected chi connectivity index (χ1v) is 9.00. The molecule has 0 aromatic carbocycles. The standard InChI is InChI=1S/C17H16Cl2N4O3/c1-26-17(25)10-5-8(10)9-6-12(9)21-16(24)13-7-14(19)22-23(13)15-11(18)3-2-4-20-15/h2-4,7-10,12H,5-6H2,1H3,(H,21,24)/t8-,9+,10-,12+/m1/s1. The summed E-state index contributed by atoms with van der Waals surface area (Å²) in [5.74, 6) is 0.459. The SMILES string of the molecule is COC(=O)[C@@H]1C[C@@H]1[C@@H]1C[C@@H]1NC(=O)c1cc(Cl)nn1-c1ncccc1Cl. The molecule has 4 rings (SSSR count). The lowest BCUT2D eigenvalue weighted by atomic mass is 10.2. The number of ether oxygens (including phenoxy) is 1. The number of nitrogens with zero attached hydrogens (tertiary/aromatic N) is 3. The van der Waals surface area contributed by atoms with Crippen molar-refractivity contribution in [1.29, 1.82) is 0 Å². The molecule has 26 heavy (non-hydrogen) atoms. The summed E-state index contributed by atoms with van der Waals surface area (Å²) in [6.07, 6.45) is 3.25. The third kappa shape index (κ3) is 3.17. The van der Waals surface area contributed by atoms with Crippen LogP contribution >= 0.6 is 23.2 Å². The fourth-order valence-electron chi connectivity index (χ4n) is 3.41. The van der Waals surface area contributed by atoms with E-state index in [0.29, 0.717) is 22.7 Å². The molecule has 0 radical (unpaired) electrons. The number of nitrogens with one attached hydrogen (secondary N) is 1. The lowest BCUT2D eigenvalue weighted by molar-refractivity contribution is -0.142. The Morgan fingerprint density at radius 2 is 2.12 bits per heavy atom. The minimum absolute atomic E-state index is 0.0285. The molecule has 4 atom stereocenters. The van der Waals surface area contributed by atoms with Gasteiger partial charge in [0.15, 0.2) is 11.0 Å². The van der Waals surface area contributed by atoms with E-state index in [1.807, 2.05) is 0 Å². The van der Waals surface area contributed by atoms with Crippen molar-refractivity contribution in [1.82, 2.24) is 20.1 Å². The van der Waals surface area contributed by atoms with Gasteiger partial charge < -0.3 is 10.1 Å². The van der Waals surface area contributed by atoms with Crippen LogP contribution in [0.25, 0.3) is 5.82 Å². The number of halogens is 2. The van der Waals surface area contributed by atoms with Gasteiger partial charge in [-0.2, -0.15) is 5.10 Å². The molecule has 2 heterocycles. The fourth-order valence-corrected chi connectivity index (χ4v) is 3.80. The van der Waals surface area contributed by atoms with Crippen LogP contribution in [0.3, 0.4) is 0 Å². The first-order valence-electron chi connectivity index (χ1n) is 8.24. The van der Waals surface area contributed by atoms with E-state index < -0.39 is 0 Å². The van der Waals surface area contributed by atoms with Gasteiger partial charge in [0, 0.05) is 18.3 Å². The summed E-state index contributed by atoms with van der Waals surface area (Å²) in [7, 11) is 1.40. The number of methoxy groups -OCH3 is 1. The van der Waals surface area contributed by atoms with E-state index in [1.54, 1.807) is 18.3 Å². The van der Waals surface area contributed by atoms with Crippen molar-refractivity contribution in [2.24, 2.45) is 17.8 Å². The summed E-state index contributed by atoms with van der Waals surface area (Å²) < 4.78 is 6.11. The number of hydrogen-bond donors (Lipinski definition) is 1. The van der Waals surface area contributed by atoms with Gasteiger partial charge in [0.1, 0.15) is 5.69 Å². The van der Waals surface area contributed by atoms with Crippen LogP contribution in [-0.4, -0.2) is 39.8 Å². The van der Waals surface area contributed by atoms with Crippen molar-refractivity contribution in [2.75, 3.05) is 7.11 Å². The molecule has 0 unspecified atom stereocenters. The maximum absolute atomic E-state index is 12.7. The van der Waals surface area contributed by atoms with Crippen LogP contribution in [0.4, 0.5) is 0 Å². The number of hydrogen-bond acceptors (Lipinski definition) is 5. The molecule has 2 aromatic heterocycles. The van der Waals surface area contributed by atoms with E-state index in [4.69, 9.17) is 27.9 Å². The molecule has 2 aliphatic carbocycles. The highest BCUT2D eigenvalue weighted by Crippen LogP contribution is 2.54. The monoisotopic (exact) mass is 394 g/mol. The molecule has 2 aromatic rings. The Labute approximate surface area is 159 Å². The number of rotatable bonds is 5. The number of carbonyl (C=O) groups excluding carboxylic acids is 2. The van der Waals surface area contributed by atoms with Gasteiger partial charge in [0.2, 0.25) is 0 Å². The Hall–Kier alpha value is -2.12. The Bertz CT molecular complexity index is 885. The minimum atomic E-state index is -0.297. The number of carbonyl (C=O) groups is 2. The zero-order valence-corrected chi connectivity index (χ0v) is 15.4. The Morgan fingerprint density at radius 3 is 2.85 bits per heavy atom. The highest BCUT2D eigenvalue weighted by Gasteiger charge is 2.57. The molecule has 2 fully saturated rings. The Kier molecular flexibility index (Phi) is 4.36. The molecule has 1 N–H and O–H groups in total. The predicted octanol–water partition coefficient (Wildman–Crippen LogP) is 2.50. The van der Waals surface area contributed by atoms with Crippen LogP contribution in [0.15, 0.2) is 24.4 Å². The summed E-state index contributed by atoms with van der Waals surface area (Å²) in [4.78, 5) is 28.4. The van der Waals surface area contributed by atoms with Crippen molar-refractivity contribution in [3.8, 4) is 5.82 Å². The molecule has 2 aliphatic rings. The normalized spacial score (nSPS) is 26.3. The summed E-state index contributed by atoms with van der Waals surface area (Å²) >= 11 is 12.1. The molecule has 2 saturated carbocycles. The van der Waals surface area contributed by atoms with E-state index in [2.05, 4.69) is 15.4 Å². The molecule has 7 nitrogen and oxygen atoms in total. The van der Waals surface area contributed by atoms with E-state index >= 15 is 0 Å². The maximum Gasteiger partial charge on any atom is 0.308 e. The van der Waals surface area contributed by atoms with Gasteiger partial charge in [-0.05, 0) is 36.8 Å². The molecular weight excluding hydrogens is 379 g/mol. The van der Waals surface area contributed by atoms with Gasteiger partial charge in [-0.3, -0.25) is 9.59 Å². The third-order valence-electron chi connectivity index (χ3n) is 4.90. The quantitative estimate of drug-likeness (QED) is 0.787. The van der Waals surface area contributed by atoms with Crippen molar-refractivity contribution in [3.63, 3.8) is 0 Å². The van der Waals surface area contributed by atoms with Gasteiger partial charge in [-0.25, -0.2) is 9.67 Å². The van der Waals surface area contributed by atoms with Crippen LogP contribution in [-0.2, 0) is 9.53 Å². The molecule has 0 saturated heterocycles. The lowest BCUT2D eigenvalue weighted by Crippen LogP contribution is -2.29. The topological polar surface area (TPSA) is 86.1 Å². The second-order valence-electron chi connectivity index (χ2n) is 6.58. The second kappa shape index (κ2) is 6.55. The fraction of sp³-hybridized carbons (Fsp3) is 0.412. The van der Waals surface area contributed by atoms with E-state index in [0.717, 1.165) is 12.8 Å². The van der Waals surface area contributed by atoms with Crippen molar-refractivity contribution in [3.05, 3.63) is 40.3 Å². The highest BCUT2D eigenvalue weighted by atomic mass is 35.5. The molecule has 0 aliphatic heterocycles.